The topological polar surface area (TPSA) is 491 Å². The largest absolute Gasteiger partial charge is 0.508 e. The second kappa shape index (κ2) is 27.2. The van der Waals surface area contributed by atoms with E-state index in [4.69, 9.17) is 28.7 Å². The van der Waals surface area contributed by atoms with Crippen molar-refractivity contribution in [2.75, 3.05) is 13.2 Å². The van der Waals surface area contributed by atoms with Gasteiger partial charge in [0.05, 0.1) is 25.2 Å². The maximum absolute atomic E-state index is 14.0. The monoisotopic (exact) mass is 964 g/mol. The molecule has 68 heavy (non-hydrogen) atoms. The second-order valence-corrected chi connectivity index (χ2v) is 15.9. The van der Waals surface area contributed by atoms with E-state index in [1.807, 2.05) is 0 Å². The smallest absolute Gasteiger partial charge is 0.328 e. The zero-order valence-corrected chi connectivity index (χ0v) is 37.0. The van der Waals surface area contributed by atoms with E-state index in [0.717, 1.165) is 11.8 Å². The number of hydrogen-bond acceptors (Lipinski definition) is 16. The van der Waals surface area contributed by atoms with Crippen molar-refractivity contribution >= 4 is 70.9 Å². The standard InChI is InChI=1S/C40H60N12O16/c1-18(54)32(40(67)68)51-35(62)23(10-13-30(44)58)47-38(65)27-3-2-14-52(27)39(66)25(16-31(45)59)49-37(64)26(17-53)50-36(63)24(15-19-4-6-20(55)7-5-19)48-34(61)22(9-12-29(43)57)46-33(60)21(41)8-11-28(42)56/h4-7,18,21-27,32,53-55H,2-3,8-17,41H2,1H3,(H2,42,56)(H2,43,57)(H2,44,58)(H2,45,59)(H,46,60)(H,47,65)(H,48,61)(H,49,64)(H,50,63)(H,51,62)(H,67,68)/t18-,21+,22+,23+,24+,25+,26+,27+,32+/m1/s1. The molecule has 1 fully saturated rings. The van der Waals surface area contributed by atoms with Crippen molar-refractivity contribution in [3.63, 3.8) is 0 Å². The molecule has 1 aromatic carbocycles. The maximum atomic E-state index is 14.0. The summed E-state index contributed by atoms with van der Waals surface area (Å²) in [7, 11) is 0. The number of benzene rings is 1. The SMILES string of the molecule is C[C@@H](O)[C@H](NC(=O)[C@H](CCC(N)=O)NC(=O)[C@@H]1CCCN1C(=O)[C@H](CC(N)=O)NC(=O)[C@H](CO)NC(=O)[C@H](Cc1ccc(O)cc1)NC(=O)[C@H](CCC(N)=O)NC(=O)[C@@H](N)CCC(N)=O)C(=O)O. The number of amides is 11. The molecule has 1 aliphatic rings. The molecule has 0 aliphatic carbocycles. The van der Waals surface area contributed by atoms with Crippen molar-refractivity contribution in [1.29, 1.82) is 0 Å². The minimum absolute atomic E-state index is 0.0248. The predicted molar refractivity (Wildman–Crippen MR) is 232 cm³/mol. The molecule has 0 aromatic heterocycles. The number of aliphatic hydroxyl groups is 2. The summed E-state index contributed by atoms with van der Waals surface area (Å²) >= 11 is 0. The Morgan fingerprint density at radius 1 is 0.647 bits per heavy atom. The number of aliphatic hydroxyl groups excluding tert-OH is 2. The first-order valence-electron chi connectivity index (χ1n) is 21.2. The summed E-state index contributed by atoms with van der Waals surface area (Å²) in [5.41, 5.74) is 27.2. The third-order valence-electron chi connectivity index (χ3n) is 10.4. The Morgan fingerprint density at radius 2 is 1.12 bits per heavy atom. The van der Waals surface area contributed by atoms with Crippen LogP contribution in [0.4, 0.5) is 0 Å². The molecule has 1 aromatic rings. The third kappa shape index (κ3) is 18.8. The average molecular weight is 965 g/mol. The van der Waals surface area contributed by atoms with Gasteiger partial charge in [-0.3, -0.25) is 52.7 Å². The van der Waals surface area contributed by atoms with E-state index in [1.54, 1.807) is 0 Å². The number of nitrogens with two attached hydrogens (primary N) is 5. The lowest BCUT2D eigenvalue weighted by Crippen LogP contribution is -2.61. The molecule has 0 unspecified atom stereocenters. The molecule has 1 aliphatic heterocycles. The normalized spacial score (nSPS) is 16.7. The van der Waals surface area contributed by atoms with Gasteiger partial charge in [0.2, 0.25) is 65.0 Å². The number of nitrogens with zero attached hydrogens (tertiary/aromatic N) is 1. The lowest BCUT2D eigenvalue weighted by Gasteiger charge is -2.30. The molecule has 1 saturated heterocycles. The molecule has 376 valence electrons. The van der Waals surface area contributed by atoms with Gasteiger partial charge in [-0.05, 0) is 56.7 Å². The number of nitrogens with one attached hydrogen (secondary N) is 6. The van der Waals surface area contributed by atoms with E-state index in [1.165, 1.54) is 24.3 Å². The highest BCUT2D eigenvalue weighted by Crippen LogP contribution is 2.20. The molecular formula is C40H60N12O16. The number of aromatic hydroxyl groups is 1. The summed E-state index contributed by atoms with van der Waals surface area (Å²) in [5, 5.41) is 52.9. The van der Waals surface area contributed by atoms with Gasteiger partial charge in [0.25, 0.3) is 0 Å². The fourth-order valence-corrected chi connectivity index (χ4v) is 6.72. The highest BCUT2D eigenvalue weighted by atomic mass is 16.4. The van der Waals surface area contributed by atoms with E-state index in [9.17, 15) is 78.0 Å². The van der Waals surface area contributed by atoms with Crippen LogP contribution in [0.1, 0.15) is 70.3 Å². The van der Waals surface area contributed by atoms with Gasteiger partial charge in [0.1, 0.15) is 42.0 Å². The van der Waals surface area contributed by atoms with Crippen LogP contribution in [0.2, 0.25) is 0 Å². The lowest BCUT2D eigenvalue weighted by molar-refractivity contribution is -0.146. The summed E-state index contributed by atoms with van der Waals surface area (Å²) in [5.74, 6) is -12.9. The summed E-state index contributed by atoms with van der Waals surface area (Å²) in [4.78, 5) is 154. The number of carbonyl (C=O) groups excluding carboxylic acids is 11. The molecule has 28 heteroatoms. The van der Waals surface area contributed by atoms with Crippen LogP contribution in [-0.2, 0) is 64.0 Å². The number of phenolic OH excluding ortho intramolecular Hbond substituents is 1. The Balaban J connectivity index is 2.37. The number of phenols is 1. The van der Waals surface area contributed by atoms with Gasteiger partial charge in [0.15, 0.2) is 6.04 Å². The van der Waals surface area contributed by atoms with Crippen LogP contribution < -0.4 is 60.6 Å². The molecule has 28 nitrogen and oxygen atoms in total. The number of hydrogen-bond donors (Lipinski definition) is 15. The molecule has 0 bridgehead atoms. The summed E-state index contributed by atoms with van der Waals surface area (Å²) in [6, 6.07) is -7.71. The predicted octanol–water partition coefficient (Wildman–Crippen LogP) is -7.71. The highest BCUT2D eigenvalue weighted by molar-refractivity contribution is 5.99. The van der Waals surface area contributed by atoms with Crippen LogP contribution in [0.5, 0.6) is 5.75 Å². The molecule has 2 rings (SSSR count). The minimum Gasteiger partial charge on any atom is -0.508 e. The molecular weight excluding hydrogens is 905 g/mol. The third-order valence-corrected chi connectivity index (χ3v) is 10.4. The van der Waals surface area contributed by atoms with Crippen LogP contribution in [0.15, 0.2) is 24.3 Å². The Kier molecular flexibility index (Phi) is 22.7. The quantitative estimate of drug-likeness (QED) is 0.0355. The number of aliphatic carboxylic acids is 1. The molecule has 0 radical (unpaired) electrons. The Morgan fingerprint density at radius 3 is 1.63 bits per heavy atom. The number of primary amides is 4. The number of likely N-dealkylation sites (tertiary alicyclic amines) is 1. The van der Waals surface area contributed by atoms with Gasteiger partial charge >= 0.3 is 5.97 Å². The summed E-state index contributed by atoms with van der Waals surface area (Å²) < 4.78 is 0. The minimum atomic E-state index is -1.91. The first-order chi connectivity index (χ1) is 31.8. The molecule has 11 amide bonds. The fourth-order valence-electron chi connectivity index (χ4n) is 6.72. The zero-order chi connectivity index (χ0) is 51.4. The van der Waals surface area contributed by atoms with E-state index in [0.29, 0.717) is 5.56 Å². The van der Waals surface area contributed by atoms with Gasteiger partial charge in [-0.25, -0.2) is 4.79 Å². The van der Waals surface area contributed by atoms with E-state index in [-0.39, 0.29) is 50.8 Å². The fraction of sp³-hybridized carbons (Fsp3) is 0.550. The van der Waals surface area contributed by atoms with Gasteiger partial charge < -0.3 is 85.9 Å². The van der Waals surface area contributed by atoms with Crippen LogP contribution in [0.3, 0.4) is 0 Å². The van der Waals surface area contributed by atoms with Crippen molar-refractivity contribution < 1.29 is 78.0 Å². The molecule has 0 spiro atoms. The number of carbonyl (C=O) groups is 12. The van der Waals surface area contributed by atoms with E-state index < -0.39 is 158 Å². The highest BCUT2D eigenvalue weighted by Gasteiger charge is 2.41. The van der Waals surface area contributed by atoms with Crippen molar-refractivity contribution in [1.82, 2.24) is 36.8 Å². The van der Waals surface area contributed by atoms with Gasteiger partial charge in [-0.2, -0.15) is 0 Å². The Bertz CT molecular complexity index is 2040. The molecule has 20 N–H and O–H groups in total. The second-order valence-electron chi connectivity index (χ2n) is 15.9. The molecule has 1 heterocycles. The van der Waals surface area contributed by atoms with Crippen LogP contribution in [0.25, 0.3) is 0 Å². The summed E-state index contributed by atoms with van der Waals surface area (Å²) in [6.45, 7) is -0.195. The molecule has 0 saturated carbocycles. The van der Waals surface area contributed by atoms with Gasteiger partial charge in [0, 0.05) is 32.2 Å². The maximum Gasteiger partial charge on any atom is 0.328 e. The number of carboxylic acid groups (broad SMARTS) is 1. The zero-order valence-electron chi connectivity index (χ0n) is 37.0. The Labute approximate surface area is 388 Å². The van der Waals surface area contributed by atoms with E-state index >= 15 is 0 Å². The lowest BCUT2D eigenvalue weighted by atomic mass is 10.0. The van der Waals surface area contributed by atoms with Crippen molar-refractivity contribution in [2.24, 2.45) is 28.7 Å². The summed E-state index contributed by atoms with van der Waals surface area (Å²) in [6.07, 6.45) is -4.81. The van der Waals surface area contributed by atoms with Gasteiger partial charge in [-0.1, -0.05) is 12.1 Å². The van der Waals surface area contributed by atoms with Crippen LogP contribution >= 0.6 is 0 Å². The van der Waals surface area contributed by atoms with Crippen molar-refractivity contribution in [3.8, 4) is 5.75 Å². The Hall–Kier alpha value is -7.46. The molecule has 9 atom stereocenters. The van der Waals surface area contributed by atoms with Gasteiger partial charge in [-0.15, -0.1) is 0 Å². The number of rotatable bonds is 29. The first-order valence-corrected chi connectivity index (χ1v) is 21.2. The van der Waals surface area contributed by atoms with Crippen molar-refractivity contribution in [2.45, 2.75) is 126 Å². The van der Waals surface area contributed by atoms with Crippen LogP contribution in [0, 0.1) is 0 Å². The number of carboxylic acids is 1. The average Bonchev–Trinajstić information content (AvgIpc) is 3.76. The first kappa shape index (κ1) is 56.7. The van der Waals surface area contributed by atoms with Crippen LogP contribution in [-0.4, -0.2) is 164 Å². The van der Waals surface area contributed by atoms with E-state index in [2.05, 4.69) is 31.9 Å². The van der Waals surface area contributed by atoms with Crippen molar-refractivity contribution in [3.05, 3.63) is 29.8 Å².